The monoisotopic (exact) mass is 259 g/mol. The van der Waals surface area contributed by atoms with Gasteiger partial charge in [-0.1, -0.05) is 18.2 Å². The summed E-state index contributed by atoms with van der Waals surface area (Å²) in [4.78, 5) is 25.4. The van der Waals surface area contributed by atoms with Crippen molar-refractivity contribution in [3.8, 4) is 0 Å². The first-order valence-corrected chi connectivity index (χ1v) is 6.37. The zero-order valence-electron chi connectivity index (χ0n) is 10.9. The third-order valence-corrected chi connectivity index (χ3v) is 3.00. The highest BCUT2D eigenvalue weighted by atomic mass is 16.2. The highest BCUT2D eigenvalue weighted by Gasteiger charge is 2.25. The predicted octanol–water partition coefficient (Wildman–Crippen LogP) is 1.67. The minimum absolute atomic E-state index is 0.0363. The lowest BCUT2D eigenvalue weighted by Crippen LogP contribution is -2.37. The molecule has 1 aliphatic rings. The van der Waals surface area contributed by atoms with Crippen LogP contribution in [0.3, 0.4) is 0 Å². The fraction of sp³-hybridized carbons (Fsp3) is 0.357. The summed E-state index contributed by atoms with van der Waals surface area (Å²) in [5.41, 5.74) is 3.46. The Balaban J connectivity index is 2.11. The maximum absolute atomic E-state index is 12.1. The van der Waals surface area contributed by atoms with Gasteiger partial charge in [0.25, 0.3) is 5.91 Å². The zero-order valence-corrected chi connectivity index (χ0v) is 10.9. The number of hydrazone groups is 1. The van der Waals surface area contributed by atoms with Crippen LogP contribution in [-0.4, -0.2) is 35.4 Å². The lowest BCUT2D eigenvalue weighted by atomic mass is 10.2. The van der Waals surface area contributed by atoms with Crippen LogP contribution in [0.5, 0.6) is 0 Å². The molecule has 100 valence electrons. The number of amides is 1. The molecule has 5 heteroatoms. The van der Waals surface area contributed by atoms with E-state index in [1.807, 2.05) is 30.3 Å². The Hall–Kier alpha value is -2.17. The maximum atomic E-state index is 12.1. The van der Waals surface area contributed by atoms with Crippen molar-refractivity contribution >= 4 is 23.1 Å². The van der Waals surface area contributed by atoms with E-state index < -0.39 is 0 Å². The number of nitrogens with one attached hydrogen (secondary N) is 1. The molecule has 0 spiro atoms. The van der Waals surface area contributed by atoms with Crippen LogP contribution >= 0.6 is 0 Å². The highest BCUT2D eigenvalue weighted by molar-refractivity contribution is 6.65. The first-order chi connectivity index (χ1) is 9.18. The molecular weight excluding hydrogens is 242 g/mol. The van der Waals surface area contributed by atoms with Crippen LogP contribution in [-0.2, 0) is 9.59 Å². The molecule has 1 saturated heterocycles. The van der Waals surface area contributed by atoms with Gasteiger partial charge in [0.05, 0.1) is 5.69 Å². The van der Waals surface area contributed by atoms with Crippen molar-refractivity contribution in [3.63, 3.8) is 0 Å². The van der Waals surface area contributed by atoms with Gasteiger partial charge in [-0.3, -0.25) is 15.0 Å². The second-order valence-electron chi connectivity index (χ2n) is 4.49. The van der Waals surface area contributed by atoms with Crippen molar-refractivity contribution in [2.45, 2.75) is 19.8 Å². The van der Waals surface area contributed by atoms with E-state index in [0.717, 1.165) is 18.5 Å². The molecule has 0 radical (unpaired) electrons. The molecule has 1 aromatic rings. The standard InChI is InChI=1S/C14H17N3O2/c1-11(18)13(14(19)17-9-5-6-10-17)16-15-12-7-3-2-4-8-12/h2-4,7-8,15H,5-6,9-10H2,1H3/b16-13-. The smallest absolute Gasteiger partial charge is 0.277 e. The van der Waals surface area contributed by atoms with Crippen LogP contribution in [0, 0.1) is 0 Å². The SMILES string of the molecule is CC(=O)/C(=N/Nc1ccccc1)C(=O)N1CCCC1. The number of hydrogen-bond acceptors (Lipinski definition) is 4. The fourth-order valence-electron chi connectivity index (χ4n) is 1.98. The molecule has 1 heterocycles. The number of para-hydroxylation sites is 1. The molecule has 0 unspecified atom stereocenters. The number of carbonyl (C=O) groups is 2. The molecule has 0 aliphatic carbocycles. The molecule has 19 heavy (non-hydrogen) atoms. The van der Waals surface area contributed by atoms with E-state index in [1.54, 1.807) is 4.90 Å². The number of ketones is 1. The Bertz CT molecular complexity index is 491. The van der Waals surface area contributed by atoms with Gasteiger partial charge in [-0.15, -0.1) is 0 Å². The number of benzene rings is 1. The van der Waals surface area contributed by atoms with Crippen molar-refractivity contribution in [2.24, 2.45) is 5.10 Å². The predicted molar refractivity (Wildman–Crippen MR) is 74.0 cm³/mol. The summed E-state index contributed by atoms with van der Waals surface area (Å²) in [5, 5.41) is 3.96. The van der Waals surface area contributed by atoms with Gasteiger partial charge < -0.3 is 4.90 Å². The molecule has 1 aromatic carbocycles. The number of anilines is 1. The van der Waals surface area contributed by atoms with Crippen LogP contribution in [0.25, 0.3) is 0 Å². The van der Waals surface area contributed by atoms with Crippen LogP contribution in [0.15, 0.2) is 35.4 Å². The van der Waals surface area contributed by atoms with Gasteiger partial charge in [-0.25, -0.2) is 0 Å². The molecule has 0 aromatic heterocycles. The van der Waals surface area contributed by atoms with Crippen LogP contribution in [0.2, 0.25) is 0 Å². The molecular formula is C14H17N3O2. The van der Waals surface area contributed by atoms with E-state index in [4.69, 9.17) is 0 Å². The van der Waals surface area contributed by atoms with Crippen LogP contribution in [0.1, 0.15) is 19.8 Å². The Morgan fingerprint density at radius 3 is 2.37 bits per heavy atom. The van der Waals surface area contributed by atoms with Crippen molar-refractivity contribution in [1.29, 1.82) is 0 Å². The molecule has 1 aliphatic heterocycles. The number of nitrogens with zero attached hydrogens (tertiary/aromatic N) is 2. The lowest BCUT2D eigenvalue weighted by Gasteiger charge is -2.15. The van der Waals surface area contributed by atoms with Gasteiger partial charge in [-0.2, -0.15) is 5.10 Å². The average Bonchev–Trinajstić information content (AvgIpc) is 2.93. The van der Waals surface area contributed by atoms with Crippen LogP contribution in [0.4, 0.5) is 5.69 Å². The Labute approximate surface area is 112 Å². The summed E-state index contributed by atoms with van der Waals surface area (Å²) in [6.45, 7) is 2.77. The van der Waals surface area contributed by atoms with Crippen LogP contribution < -0.4 is 5.43 Å². The summed E-state index contributed by atoms with van der Waals surface area (Å²) in [5.74, 6) is -0.603. The number of likely N-dealkylation sites (tertiary alicyclic amines) is 1. The zero-order chi connectivity index (χ0) is 13.7. The molecule has 0 saturated carbocycles. The van der Waals surface area contributed by atoms with Gasteiger partial charge in [0.2, 0.25) is 0 Å². The minimum atomic E-state index is -0.319. The number of carbonyl (C=O) groups excluding carboxylic acids is 2. The van der Waals surface area contributed by atoms with Gasteiger partial charge in [-0.05, 0) is 25.0 Å². The molecule has 0 bridgehead atoms. The van der Waals surface area contributed by atoms with Gasteiger partial charge in [0.1, 0.15) is 0 Å². The van der Waals surface area contributed by atoms with Crippen molar-refractivity contribution in [3.05, 3.63) is 30.3 Å². The minimum Gasteiger partial charge on any atom is -0.337 e. The summed E-state index contributed by atoms with van der Waals surface area (Å²) in [6.07, 6.45) is 1.98. The quantitative estimate of drug-likeness (QED) is 0.508. The second kappa shape index (κ2) is 6.13. The number of hydrogen-bond donors (Lipinski definition) is 1. The molecule has 1 fully saturated rings. The number of Topliss-reactive ketones (excluding diaryl/α,β-unsaturated/α-hetero) is 1. The van der Waals surface area contributed by atoms with Gasteiger partial charge in [0.15, 0.2) is 11.5 Å². The van der Waals surface area contributed by atoms with Gasteiger partial charge in [0, 0.05) is 20.0 Å². The summed E-state index contributed by atoms with van der Waals surface area (Å²) in [6, 6.07) is 9.24. The normalized spacial score (nSPS) is 15.4. The third kappa shape index (κ3) is 3.40. The number of rotatable bonds is 4. The van der Waals surface area contributed by atoms with Gasteiger partial charge >= 0.3 is 0 Å². The first kappa shape index (κ1) is 13.3. The second-order valence-corrected chi connectivity index (χ2v) is 4.49. The summed E-state index contributed by atoms with van der Waals surface area (Å²) in [7, 11) is 0. The molecule has 0 atom stereocenters. The average molecular weight is 259 g/mol. The van der Waals surface area contributed by atoms with Crippen molar-refractivity contribution in [1.82, 2.24) is 4.90 Å². The Morgan fingerprint density at radius 2 is 1.79 bits per heavy atom. The highest BCUT2D eigenvalue weighted by Crippen LogP contribution is 2.09. The Kier molecular flexibility index (Phi) is 4.28. The molecule has 1 N–H and O–H groups in total. The third-order valence-electron chi connectivity index (χ3n) is 3.00. The van der Waals surface area contributed by atoms with E-state index in [1.165, 1.54) is 6.92 Å². The summed E-state index contributed by atoms with van der Waals surface area (Å²) >= 11 is 0. The van der Waals surface area contributed by atoms with E-state index >= 15 is 0 Å². The van der Waals surface area contributed by atoms with E-state index in [9.17, 15) is 9.59 Å². The van der Waals surface area contributed by atoms with E-state index in [2.05, 4.69) is 10.5 Å². The molecule has 2 rings (SSSR count). The first-order valence-electron chi connectivity index (χ1n) is 6.37. The van der Waals surface area contributed by atoms with Crippen molar-refractivity contribution in [2.75, 3.05) is 18.5 Å². The van der Waals surface area contributed by atoms with E-state index in [-0.39, 0.29) is 17.4 Å². The maximum Gasteiger partial charge on any atom is 0.277 e. The van der Waals surface area contributed by atoms with Crippen molar-refractivity contribution < 1.29 is 9.59 Å². The van der Waals surface area contributed by atoms with E-state index in [0.29, 0.717) is 13.1 Å². The molecule has 1 amide bonds. The summed E-state index contributed by atoms with van der Waals surface area (Å²) < 4.78 is 0. The Morgan fingerprint density at radius 1 is 1.16 bits per heavy atom. The largest absolute Gasteiger partial charge is 0.337 e. The topological polar surface area (TPSA) is 61.8 Å². The fourth-order valence-corrected chi connectivity index (χ4v) is 1.98. The molecule has 5 nitrogen and oxygen atoms in total. The lowest BCUT2D eigenvalue weighted by molar-refractivity contribution is -0.124.